The van der Waals surface area contributed by atoms with Crippen molar-refractivity contribution in [3.05, 3.63) is 82.3 Å². The van der Waals surface area contributed by atoms with E-state index in [1.165, 1.54) is 30.3 Å². The lowest BCUT2D eigenvalue weighted by atomic mass is 10.2. The lowest BCUT2D eigenvalue weighted by Gasteiger charge is -2.11. The number of hydrogen-bond donors (Lipinski definition) is 2. The van der Waals surface area contributed by atoms with Crippen molar-refractivity contribution >= 4 is 50.5 Å². The Balaban J connectivity index is 1.60. The minimum atomic E-state index is -3.74. The molecule has 0 aliphatic heterocycles. The van der Waals surface area contributed by atoms with Crippen molar-refractivity contribution in [1.82, 2.24) is 0 Å². The van der Waals surface area contributed by atoms with Crippen LogP contribution in [0.5, 0.6) is 5.75 Å². The van der Waals surface area contributed by atoms with Crippen molar-refractivity contribution in [3.63, 3.8) is 0 Å². The van der Waals surface area contributed by atoms with E-state index in [2.05, 4.69) is 10.0 Å². The fourth-order valence-electron chi connectivity index (χ4n) is 2.57. The van der Waals surface area contributed by atoms with E-state index in [4.69, 9.17) is 27.9 Å². The Labute approximate surface area is 184 Å². The highest BCUT2D eigenvalue weighted by atomic mass is 35.5. The number of hydrogen-bond acceptors (Lipinski definition) is 4. The van der Waals surface area contributed by atoms with Crippen LogP contribution in [0.1, 0.15) is 5.56 Å². The number of sulfonamides is 1. The summed E-state index contributed by atoms with van der Waals surface area (Å²) in [6.07, 6.45) is 0. The fourth-order valence-corrected chi connectivity index (χ4v) is 3.95. The van der Waals surface area contributed by atoms with Gasteiger partial charge in [-0.3, -0.25) is 9.52 Å². The number of amides is 1. The van der Waals surface area contributed by atoms with Crippen LogP contribution in [0.3, 0.4) is 0 Å². The van der Waals surface area contributed by atoms with E-state index >= 15 is 0 Å². The standard InChI is InChI=1S/C21H18Cl2N2O4S/c1-14-3-2-4-16(11-14)25-30(27,28)18-8-6-17(7-9-18)29-13-21(26)24-20-12-15(22)5-10-19(20)23/h2-12,25H,13H2,1H3,(H,24,26). The number of benzene rings is 3. The first-order chi connectivity index (χ1) is 14.2. The van der Waals surface area contributed by atoms with Crippen molar-refractivity contribution < 1.29 is 17.9 Å². The maximum Gasteiger partial charge on any atom is 0.262 e. The summed E-state index contributed by atoms with van der Waals surface area (Å²) >= 11 is 11.9. The monoisotopic (exact) mass is 464 g/mol. The van der Waals surface area contributed by atoms with Crippen molar-refractivity contribution in [3.8, 4) is 5.75 Å². The van der Waals surface area contributed by atoms with E-state index in [1.807, 2.05) is 13.0 Å². The summed E-state index contributed by atoms with van der Waals surface area (Å²) in [6.45, 7) is 1.59. The maximum atomic E-state index is 12.5. The zero-order valence-corrected chi connectivity index (χ0v) is 18.2. The molecule has 0 aliphatic carbocycles. The second kappa shape index (κ2) is 9.38. The van der Waals surface area contributed by atoms with Crippen molar-refractivity contribution in [2.75, 3.05) is 16.6 Å². The molecule has 0 aromatic heterocycles. The zero-order valence-electron chi connectivity index (χ0n) is 15.9. The topological polar surface area (TPSA) is 84.5 Å². The van der Waals surface area contributed by atoms with Gasteiger partial charge >= 0.3 is 0 Å². The van der Waals surface area contributed by atoms with Gasteiger partial charge in [0, 0.05) is 10.7 Å². The molecule has 0 spiro atoms. The van der Waals surface area contributed by atoms with Crippen LogP contribution in [-0.4, -0.2) is 20.9 Å². The quantitative estimate of drug-likeness (QED) is 0.507. The second-order valence-electron chi connectivity index (χ2n) is 6.41. The number of halogens is 2. The minimum absolute atomic E-state index is 0.0755. The molecule has 0 unspecified atom stereocenters. The Bertz CT molecular complexity index is 1170. The summed E-state index contributed by atoms with van der Waals surface area (Å²) in [4.78, 5) is 12.1. The number of carbonyl (C=O) groups is 1. The number of carbonyl (C=O) groups excluding carboxylic acids is 1. The summed E-state index contributed by atoms with van der Waals surface area (Å²) < 4.78 is 33.0. The Morgan fingerprint density at radius 1 is 1.00 bits per heavy atom. The lowest BCUT2D eigenvalue weighted by Crippen LogP contribution is -2.20. The average molecular weight is 465 g/mol. The van der Waals surface area contributed by atoms with Gasteiger partial charge in [-0.2, -0.15) is 0 Å². The van der Waals surface area contributed by atoms with Gasteiger partial charge in [0.15, 0.2) is 6.61 Å². The Kier molecular flexibility index (Phi) is 6.87. The molecule has 3 aromatic rings. The van der Waals surface area contributed by atoms with Crippen LogP contribution in [0.15, 0.2) is 71.6 Å². The number of rotatable bonds is 7. The van der Waals surface area contributed by atoms with E-state index in [0.29, 0.717) is 27.2 Å². The average Bonchev–Trinajstić information content (AvgIpc) is 2.69. The van der Waals surface area contributed by atoms with Crippen LogP contribution < -0.4 is 14.8 Å². The molecular formula is C21H18Cl2N2O4S. The molecule has 3 aromatic carbocycles. The molecule has 0 aliphatic rings. The van der Waals surface area contributed by atoms with Crippen molar-refractivity contribution in [2.24, 2.45) is 0 Å². The van der Waals surface area contributed by atoms with Gasteiger partial charge in [0.1, 0.15) is 5.75 Å². The molecule has 3 rings (SSSR count). The van der Waals surface area contributed by atoms with Gasteiger partial charge < -0.3 is 10.1 Å². The third kappa shape index (κ3) is 5.89. The molecule has 1 amide bonds. The third-order valence-corrected chi connectivity index (χ3v) is 5.94. The van der Waals surface area contributed by atoms with Crippen LogP contribution >= 0.6 is 23.2 Å². The molecule has 0 atom stereocenters. The second-order valence-corrected chi connectivity index (χ2v) is 8.93. The highest BCUT2D eigenvalue weighted by Gasteiger charge is 2.15. The molecule has 9 heteroatoms. The van der Waals surface area contributed by atoms with E-state index in [-0.39, 0.29) is 11.5 Å². The van der Waals surface area contributed by atoms with Crippen LogP contribution in [0.4, 0.5) is 11.4 Å². The predicted octanol–water partition coefficient (Wildman–Crippen LogP) is 5.12. The van der Waals surface area contributed by atoms with E-state index in [9.17, 15) is 13.2 Å². The summed E-state index contributed by atoms with van der Waals surface area (Å²) in [5, 5.41) is 3.39. The predicted molar refractivity (Wildman–Crippen MR) is 119 cm³/mol. The van der Waals surface area contributed by atoms with Gasteiger partial charge in [-0.25, -0.2) is 8.42 Å². The third-order valence-electron chi connectivity index (χ3n) is 3.98. The SMILES string of the molecule is Cc1cccc(NS(=O)(=O)c2ccc(OCC(=O)Nc3cc(Cl)ccc3Cl)cc2)c1. The highest BCUT2D eigenvalue weighted by molar-refractivity contribution is 7.92. The Hall–Kier alpha value is -2.74. The van der Waals surface area contributed by atoms with Crippen LogP contribution in [-0.2, 0) is 14.8 Å². The van der Waals surface area contributed by atoms with E-state index < -0.39 is 15.9 Å². The van der Waals surface area contributed by atoms with Gasteiger partial charge in [-0.1, -0.05) is 35.3 Å². The number of ether oxygens (including phenoxy) is 1. The van der Waals surface area contributed by atoms with Gasteiger partial charge in [-0.05, 0) is 67.1 Å². The van der Waals surface area contributed by atoms with Crippen molar-refractivity contribution in [2.45, 2.75) is 11.8 Å². The fraction of sp³-hybridized carbons (Fsp3) is 0.0952. The van der Waals surface area contributed by atoms with E-state index in [0.717, 1.165) is 5.56 Å². The van der Waals surface area contributed by atoms with Gasteiger partial charge in [0.2, 0.25) is 0 Å². The molecule has 156 valence electrons. The highest BCUT2D eigenvalue weighted by Crippen LogP contribution is 2.25. The number of aryl methyl sites for hydroxylation is 1. The van der Waals surface area contributed by atoms with Gasteiger partial charge in [-0.15, -0.1) is 0 Å². The molecule has 6 nitrogen and oxygen atoms in total. The molecule has 0 bridgehead atoms. The van der Waals surface area contributed by atoms with Crippen LogP contribution in [0.25, 0.3) is 0 Å². The molecular weight excluding hydrogens is 447 g/mol. The molecule has 0 heterocycles. The molecule has 0 fully saturated rings. The van der Waals surface area contributed by atoms with Gasteiger partial charge in [0.25, 0.3) is 15.9 Å². The first-order valence-electron chi connectivity index (χ1n) is 8.80. The first-order valence-corrected chi connectivity index (χ1v) is 11.0. The lowest BCUT2D eigenvalue weighted by molar-refractivity contribution is -0.118. The summed E-state index contributed by atoms with van der Waals surface area (Å²) in [5.41, 5.74) is 1.80. The minimum Gasteiger partial charge on any atom is -0.484 e. The molecule has 2 N–H and O–H groups in total. The maximum absolute atomic E-state index is 12.5. The molecule has 0 radical (unpaired) electrons. The smallest absolute Gasteiger partial charge is 0.262 e. The molecule has 0 saturated carbocycles. The van der Waals surface area contributed by atoms with E-state index in [1.54, 1.807) is 30.3 Å². The zero-order chi connectivity index (χ0) is 21.7. The Morgan fingerprint density at radius 2 is 1.73 bits per heavy atom. The summed E-state index contributed by atoms with van der Waals surface area (Å²) in [7, 11) is -3.74. The molecule has 0 saturated heterocycles. The largest absolute Gasteiger partial charge is 0.484 e. The van der Waals surface area contributed by atoms with Crippen molar-refractivity contribution in [1.29, 1.82) is 0 Å². The van der Waals surface area contributed by atoms with Gasteiger partial charge in [0.05, 0.1) is 15.6 Å². The normalized spacial score (nSPS) is 11.0. The summed E-state index contributed by atoms with van der Waals surface area (Å²) in [6, 6.07) is 17.5. The molecule has 30 heavy (non-hydrogen) atoms. The van der Waals surface area contributed by atoms with Crippen LogP contribution in [0.2, 0.25) is 10.0 Å². The van der Waals surface area contributed by atoms with Crippen LogP contribution in [0, 0.1) is 6.92 Å². The Morgan fingerprint density at radius 3 is 2.43 bits per heavy atom. The number of nitrogens with one attached hydrogen (secondary N) is 2. The first kappa shape index (κ1) is 22.0. The summed E-state index contributed by atoms with van der Waals surface area (Å²) in [5.74, 6) is -0.0891. The number of anilines is 2.